The molecule has 0 saturated carbocycles. The molecule has 1 aliphatic heterocycles. The van der Waals surface area contributed by atoms with E-state index in [1.54, 1.807) is 6.92 Å². The Labute approximate surface area is 211 Å². The highest BCUT2D eigenvalue weighted by Crippen LogP contribution is 2.36. The average molecular weight is 533 g/mol. The van der Waals surface area contributed by atoms with Crippen LogP contribution in [0, 0.1) is 6.92 Å². The molecule has 0 bridgehead atoms. The first kappa shape index (κ1) is 24.4. The van der Waals surface area contributed by atoms with Crippen molar-refractivity contribution >= 4 is 44.3 Å². The Morgan fingerprint density at radius 3 is 2.75 bits per heavy atom. The van der Waals surface area contributed by atoms with E-state index in [1.807, 2.05) is 23.6 Å². The fraction of sp³-hybridized carbons (Fsp3) is 0.240. The molecule has 2 aromatic carbocycles. The van der Waals surface area contributed by atoms with Gasteiger partial charge in [-0.05, 0) is 54.6 Å². The monoisotopic (exact) mass is 532 g/mol. The number of benzene rings is 2. The lowest BCUT2D eigenvalue weighted by atomic mass is 10.1. The minimum Gasteiger partial charge on any atom is -0.493 e. The Kier molecular flexibility index (Phi) is 6.52. The number of ether oxygens (including phenoxy) is 1. The highest BCUT2D eigenvalue weighted by Gasteiger charge is 2.32. The van der Waals surface area contributed by atoms with Crippen LogP contribution >= 0.6 is 23.1 Å². The number of thioether (sulfide) groups is 1. The summed E-state index contributed by atoms with van der Waals surface area (Å²) in [6.07, 6.45) is -3.60. The molecule has 1 aliphatic rings. The molecule has 1 atom stereocenters. The summed E-state index contributed by atoms with van der Waals surface area (Å²) >= 11 is 2.54. The summed E-state index contributed by atoms with van der Waals surface area (Å²) in [5.41, 5.74) is 1.07. The van der Waals surface area contributed by atoms with Crippen molar-refractivity contribution in [2.24, 2.45) is 0 Å². The summed E-state index contributed by atoms with van der Waals surface area (Å²) in [6, 6.07) is 10.6. The van der Waals surface area contributed by atoms with Gasteiger partial charge < -0.3 is 9.15 Å². The molecule has 1 unspecified atom stereocenters. The number of carbonyl (C=O) groups is 2. The van der Waals surface area contributed by atoms with Gasteiger partial charge in [0.15, 0.2) is 0 Å². The number of oxazole rings is 1. The zero-order chi connectivity index (χ0) is 25.4. The highest BCUT2D eigenvalue weighted by atomic mass is 32.2. The largest absolute Gasteiger partial charge is 0.493 e. The van der Waals surface area contributed by atoms with Crippen LogP contribution in [-0.2, 0) is 23.8 Å². The number of imide groups is 1. The maximum atomic E-state index is 13.0. The van der Waals surface area contributed by atoms with E-state index < -0.39 is 17.0 Å². The number of hydrogen-bond acceptors (Lipinski definition) is 7. The number of hydrogen-bond donors (Lipinski definition) is 1. The third kappa shape index (κ3) is 4.98. The summed E-state index contributed by atoms with van der Waals surface area (Å²) in [5.74, 6) is 1.05. The van der Waals surface area contributed by atoms with Gasteiger partial charge in [-0.2, -0.15) is 13.2 Å². The van der Waals surface area contributed by atoms with Crippen LogP contribution in [0.25, 0.3) is 21.5 Å². The summed E-state index contributed by atoms with van der Waals surface area (Å²) in [4.78, 5) is 27.8. The zero-order valence-electron chi connectivity index (χ0n) is 18.8. The van der Waals surface area contributed by atoms with E-state index in [0.717, 1.165) is 39.5 Å². The first-order valence-electron chi connectivity index (χ1n) is 11.0. The van der Waals surface area contributed by atoms with Gasteiger partial charge in [-0.25, -0.2) is 4.98 Å². The van der Waals surface area contributed by atoms with Gasteiger partial charge >= 0.3 is 6.18 Å². The molecule has 6 nitrogen and oxygen atoms in total. The fourth-order valence-corrected chi connectivity index (χ4v) is 5.76. The topological polar surface area (TPSA) is 81.4 Å². The second kappa shape index (κ2) is 9.62. The minimum atomic E-state index is -4.45. The van der Waals surface area contributed by atoms with E-state index in [0.29, 0.717) is 30.0 Å². The van der Waals surface area contributed by atoms with Gasteiger partial charge in [-0.3, -0.25) is 14.9 Å². The molecular formula is C25H19F3N2O4S2. The van der Waals surface area contributed by atoms with Crippen LogP contribution < -0.4 is 10.1 Å². The van der Waals surface area contributed by atoms with E-state index in [2.05, 4.69) is 10.3 Å². The molecule has 2 amide bonds. The smallest absolute Gasteiger partial charge is 0.416 e. The molecule has 0 aliphatic carbocycles. The normalized spacial score (nSPS) is 16.1. The number of rotatable bonds is 7. The van der Waals surface area contributed by atoms with Crippen molar-refractivity contribution in [1.29, 1.82) is 0 Å². The molecule has 0 radical (unpaired) electrons. The summed E-state index contributed by atoms with van der Waals surface area (Å²) in [7, 11) is 0. The number of carbonyl (C=O) groups excluding carboxylic acids is 2. The lowest BCUT2D eigenvalue weighted by Gasteiger charge is -2.11. The number of amides is 2. The molecule has 0 spiro atoms. The van der Waals surface area contributed by atoms with Crippen molar-refractivity contribution in [3.8, 4) is 17.2 Å². The van der Waals surface area contributed by atoms with E-state index in [9.17, 15) is 22.8 Å². The molecule has 5 rings (SSSR count). The Balaban J connectivity index is 1.27. The molecule has 1 saturated heterocycles. The number of halogens is 3. The van der Waals surface area contributed by atoms with Gasteiger partial charge in [0.05, 0.1) is 23.1 Å². The first-order chi connectivity index (χ1) is 17.2. The van der Waals surface area contributed by atoms with Gasteiger partial charge in [-0.15, -0.1) is 11.3 Å². The van der Waals surface area contributed by atoms with Crippen molar-refractivity contribution in [1.82, 2.24) is 10.3 Å². The van der Waals surface area contributed by atoms with Crippen LogP contribution in [-0.4, -0.2) is 28.0 Å². The third-order valence-electron chi connectivity index (χ3n) is 5.76. The van der Waals surface area contributed by atoms with E-state index in [-0.39, 0.29) is 29.2 Å². The van der Waals surface area contributed by atoms with E-state index in [4.69, 9.17) is 9.15 Å². The number of alkyl halides is 3. The molecule has 2 aromatic heterocycles. The number of nitrogens with zero attached hydrogens (tertiary/aromatic N) is 1. The maximum absolute atomic E-state index is 13.0. The van der Waals surface area contributed by atoms with Crippen molar-refractivity contribution < 1.29 is 31.9 Å². The number of fused-ring (bicyclic) bond motifs is 1. The van der Waals surface area contributed by atoms with Crippen molar-refractivity contribution in [3.05, 3.63) is 70.4 Å². The Hall–Kier alpha value is -3.31. The third-order valence-corrected chi connectivity index (χ3v) is 7.73. The van der Waals surface area contributed by atoms with Crippen LogP contribution in [0.1, 0.15) is 22.6 Å². The lowest BCUT2D eigenvalue weighted by Crippen LogP contribution is -2.25. The average Bonchev–Trinajstić information content (AvgIpc) is 3.54. The SMILES string of the molecule is Cc1oc(-c2cccc(C(F)(F)F)c2)nc1CCOc1ccc(CC2SC(=O)NC2=O)c2sccc12. The Morgan fingerprint density at radius 2 is 2.00 bits per heavy atom. The van der Waals surface area contributed by atoms with E-state index in [1.165, 1.54) is 23.5 Å². The van der Waals surface area contributed by atoms with Crippen LogP contribution in [0.4, 0.5) is 18.0 Å². The Morgan fingerprint density at radius 1 is 1.17 bits per heavy atom. The van der Waals surface area contributed by atoms with Crippen LogP contribution in [0.2, 0.25) is 0 Å². The maximum Gasteiger partial charge on any atom is 0.416 e. The predicted molar refractivity (Wildman–Crippen MR) is 131 cm³/mol. The molecular weight excluding hydrogens is 513 g/mol. The molecule has 1 fully saturated rings. The summed E-state index contributed by atoms with van der Waals surface area (Å²) < 4.78 is 51.8. The number of thiophene rings is 1. The number of nitrogens with one attached hydrogen (secondary N) is 1. The quantitative estimate of drug-likeness (QED) is 0.297. The number of aromatic nitrogens is 1. The van der Waals surface area contributed by atoms with Gasteiger partial charge in [-0.1, -0.05) is 23.9 Å². The fourth-order valence-electron chi connectivity index (χ4n) is 3.98. The van der Waals surface area contributed by atoms with Crippen molar-refractivity contribution in [2.45, 2.75) is 31.2 Å². The zero-order valence-corrected chi connectivity index (χ0v) is 20.5. The molecule has 4 aromatic rings. The van der Waals surface area contributed by atoms with Gasteiger partial charge in [0, 0.05) is 22.1 Å². The molecule has 1 N–H and O–H groups in total. The van der Waals surface area contributed by atoms with Crippen molar-refractivity contribution in [3.63, 3.8) is 0 Å². The van der Waals surface area contributed by atoms with Crippen LogP contribution in [0.3, 0.4) is 0 Å². The van der Waals surface area contributed by atoms with Gasteiger partial charge in [0.2, 0.25) is 11.8 Å². The number of aryl methyl sites for hydroxylation is 1. The van der Waals surface area contributed by atoms with Gasteiger partial charge in [0.25, 0.3) is 5.24 Å². The minimum absolute atomic E-state index is 0.130. The Bertz CT molecular complexity index is 1460. The lowest BCUT2D eigenvalue weighted by molar-refractivity contribution is -0.137. The van der Waals surface area contributed by atoms with Crippen LogP contribution in [0.15, 0.2) is 52.3 Å². The standard InChI is InChI=1S/C25H19F3N2O4S2/c1-13-18(29-23(34-13)15-3-2-4-16(11-15)25(26,27)28)7-9-33-19-6-5-14(21-17(19)8-10-35-21)12-20-22(31)30-24(32)36-20/h2-6,8,10-11,20H,7,9,12H2,1H3,(H,30,31,32). The highest BCUT2D eigenvalue weighted by molar-refractivity contribution is 8.15. The summed E-state index contributed by atoms with van der Waals surface area (Å²) in [5, 5.41) is 4.39. The molecule has 36 heavy (non-hydrogen) atoms. The second-order valence-corrected chi connectivity index (χ2v) is 10.3. The molecule has 3 heterocycles. The molecule has 11 heteroatoms. The molecule has 186 valence electrons. The van der Waals surface area contributed by atoms with Crippen molar-refractivity contribution in [2.75, 3.05) is 6.61 Å². The first-order valence-corrected chi connectivity index (χ1v) is 12.7. The van der Waals surface area contributed by atoms with Gasteiger partial charge in [0.1, 0.15) is 11.5 Å². The predicted octanol–water partition coefficient (Wildman–Crippen LogP) is 6.40. The second-order valence-electron chi connectivity index (χ2n) is 8.17. The summed E-state index contributed by atoms with van der Waals surface area (Å²) in [6.45, 7) is 2.00. The van der Waals surface area contributed by atoms with Crippen LogP contribution in [0.5, 0.6) is 5.75 Å². The van der Waals surface area contributed by atoms with E-state index >= 15 is 0 Å².